The van der Waals surface area contributed by atoms with E-state index in [2.05, 4.69) is 24.3 Å². The first-order valence-electron chi connectivity index (χ1n) is 8.27. The lowest BCUT2D eigenvalue weighted by Crippen LogP contribution is -2.03. The Kier molecular flexibility index (Phi) is 4.02. The standard InChI is InChI=1S/C21H18ClN3/c1-14-18-20(17-11-7-4-8-12-17)24-25(13-16-9-5-3-6-10-16)21(18)23-15(2)19(14)22/h3-12H,13H2,1-2H3. The minimum Gasteiger partial charge on any atom is -0.242 e. The Bertz CT molecular complexity index is 1040. The molecule has 0 spiro atoms. The molecule has 0 amide bonds. The molecule has 25 heavy (non-hydrogen) atoms. The molecule has 0 radical (unpaired) electrons. The molecule has 0 aliphatic heterocycles. The molecule has 0 aliphatic carbocycles. The Labute approximate surface area is 151 Å². The summed E-state index contributed by atoms with van der Waals surface area (Å²) in [5.41, 5.74) is 5.94. The molecule has 2 aromatic heterocycles. The summed E-state index contributed by atoms with van der Waals surface area (Å²) >= 11 is 6.49. The summed E-state index contributed by atoms with van der Waals surface area (Å²) in [4.78, 5) is 4.75. The molecule has 2 aromatic carbocycles. The number of pyridine rings is 1. The van der Waals surface area contributed by atoms with Gasteiger partial charge in [-0.2, -0.15) is 5.10 Å². The quantitative estimate of drug-likeness (QED) is 0.495. The summed E-state index contributed by atoms with van der Waals surface area (Å²) < 4.78 is 1.98. The smallest absolute Gasteiger partial charge is 0.159 e. The van der Waals surface area contributed by atoms with E-state index in [1.165, 1.54) is 5.56 Å². The largest absolute Gasteiger partial charge is 0.242 e. The zero-order valence-electron chi connectivity index (χ0n) is 14.2. The third-order valence-corrected chi connectivity index (χ3v) is 5.00. The van der Waals surface area contributed by atoms with Gasteiger partial charge in [-0.15, -0.1) is 0 Å². The predicted molar refractivity (Wildman–Crippen MR) is 103 cm³/mol. The summed E-state index contributed by atoms with van der Waals surface area (Å²) in [6, 6.07) is 20.5. The highest BCUT2D eigenvalue weighted by atomic mass is 35.5. The van der Waals surface area contributed by atoms with Crippen LogP contribution in [-0.4, -0.2) is 14.8 Å². The highest BCUT2D eigenvalue weighted by Gasteiger charge is 2.19. The van der Waals surface area contributed by atoms with Gasteiger partial charge in [-0.3, -0.25) is 0 Å². The lowest BCUT2D eigenvalue weighted by atomic mass is 10.1. The van der Waals surface area contributed by atoms with Crippen molar-refractivity contribution in [2.45, 2.75) is 20.4 Å². The van der Waals surface area contributed by atoms with Crippen LogP contribution < -0.4 is 0 Å². The molecule has 0 bridgehead atoms. The molecule has 0 fully saturated rings. The van der Waals surface area contributed by atoms with Crippen LogP contribution in [-0.2, 0) is 6.54 Å². The first-order chi connectivity index (χ1) is 12.1. The fraction of sp³-hybridized carbons (Fsp3) is 0.143. The zero-order chi connectivity index (χ0) is 17.4. The van der Waals surface area contributed by atoms with Gasteiger partial charge in [-0.25, -0.2) is 9.67 Å². The minimum absolute atomic E-state index is 0.678. The lowest BCUT2D eigenvalue weighted by Gasteiger charge is -2.07. The molecule has 0 aliphatic rings. The van der Waals surface area contributed by atoms with Crippen LogP contribution in [0, 0.1) is 13.8 Å². The molecule has 0 saturated carbocycles. The van der Waals surface area contributed by atoms with E-state index in [4.69, 9.17) is 21.7 Å². The lowest BCUT2D eigenvalue weighted by molar-refractivity contribution is 0.706. The molecule has 4 heteroatoms. The van der Waals surface area contributed by atoms with Crippen molar-refractivity contribution >= 4 is 22.6 Å². The van der Waals surface area contributed by atoms with Gasteiger partial charge in [0.05, 0.1) is 22.6 Å². The summed E-state index contributed by atoms with van der Waals surface area (Å²) in [6.45, 7) is 4.66. The topological polar surface area (TPSA) is 30.7 Å². The first kappa shape index (κ1) is 15.9. The van der Waals surface area contributed by atoms with E-state index in [0.29, 0.717) is 11.6 Å². The summed E-state index contributed by atoms with van der Waals surface area (Å²) in [7, 11) is 0. The Morgan fingerprint density at radius 2 is 1.56 bits per heavy atom. The van der Waals surface area contributed by atoms with E-state index in [0.717, 1.165) is 33.5 Å². The van der Waals surface area contributed by atoms with Crippen LogP contribution in [0.5, 0.6) is 0 Å². The number of rotatable bonds is 3. The predicted octanol–water partition coefficient (Wildman–Crippen LogP) is 5.42. The molecule has 0 saturated heterocycles. The van der Waals surface area contributed by atoms with Crippen molar-refractivity contribution in [1.29, 1.82) is 0 Å². The van der Waals surface area contributed by atoms with E-state index >= 15 is 0 Å². The second-order valence-corrected chi connectivity index (χ2v) is 6.57. The normalized spacial score (nSPS) is 11.2. The Morgan fingerprint density at radius 1 is 0.920 bits per heavy atom. The molecular formula is C21H18ClN3. The number of aromatic nitrogens is 3. The first-order valence-corrected chi connectivity index (χ1v) is 8.65. The molecule has 0 atom stereocenters. The maximum absolute atomic E-state index is 6.49. The van der Waals surface area contributed by atoms with Crippen molar-refractivity contribution in [3.8, 4) is 11.3 Å². The van der Waals surface area contributed by atoms with Crippen LogP contribution >= 0.6 is 11.6 Å². The second-order valence-electron chi connectivity index (χ2n) is 6.19. The van der Waals surface area contributed by atoms with Gasteiger partial charge in [0.1, 0.15) is 5.69 Å². The Hall–Kier alpha value is -2.65. The monoisotopic (exact) mass is 347 g/mol. The van der Waals surface area contributed by atoms with E-state index < -0.39 is 0 Å². The van der Waals surface area contributed by atoms with Crippen LogP contribution in [0.25, 0.3) is 22.3 Å². The van der Waals surface area contributed by atoms with Crippen LogP contribution in [0.1, 0.15) is 16.8 Å². The van der Waals surface area contributed by atoms with Gasteiger partial charge in [-0.1, -0.05) is 72.3 Å². The summed E-state index contributed by atoms with van der Waals surface area (Å²) in [5, 5.41) is 6.63. The average molecular weight is 348 g/mol. The van der Waals surface area contributed by atoms with Crippen molar-refractivity contribution < 1.29 is 0 Å². The van der Waals surface area contributed by atoms with E-state index in [9.17, 15) is 0 Å². The van der Waals surface area contributed by atoms with Gasteiger partial charge in [0.25, 0.3) is 0 Å². The molecule has 2 heterocycles. The third kappa shape index (κ3) is 2.81. The fourth-order valence-corrected chi connectivity index (χ4v) is 3.30. The number of fused-ring (bicyclic) bond motifs is 1. The van der Waals surface area contributed by atoms with E-state index in [1.54, 1.807) is 0 Å². The van der Waals surface area contributed by atoms with Gasteiger partial charge < -0.3 is 0 Å². The molecule has 0 unspecified atom stereocenters. The highest BCUT2D eigenvalue weighted by Crippen LogP contribution is 2.34. The summed E-state index contributed by atoms with van der Waals surface area (Å²) in [5.74, 6) is 0. The molecule has 4 aromatic rings. The number of halogens is 1. The second kappa shape index (κ2) is 6.34. The Balaban J connectivity index is 1.98. The number of hydrogen-bond donors (Lipinski definition) is 0. The zero-order valence-corrected chi connectivity index (χ0v) is 15.0. The van der Waals surface area contributed by atoms with Crippen molar-refractivity contribution in [3.63, 3.8) is 0 Å². The van der Waals surface area contributed by atoms with Crippen molar-refractivity contribution in [2.24, 2.45) is 0 Å². The van der Waals surface area contributed by atoms with Gasteiger partial charge >= 0.3 is 0 Å². The van der Waals surface area contributed by atoms with E-state index in [1.807, 2.05) is 54.9 Å². The van der Waals surface area contributed by atoms with Gasteiger partial charge in [0.2, 0.25) is 0 Å². The summed E-state index contributed by atoms with van der Waals surface area (Å²) in [6.07, 6.45) is 0. The van der Waals surface area contributed by atoms with Gasteiger partial charge in [-0.05, 0) is 25.0 Å². The third-order valence-electron chi connectivity index (χ3n) is 4.44. The molecule has 3 nitrogen and oxygen atoms in total. The Morgan fingerprint density at radius 3 is 2.24 bits per heavy atom. The maximum Gasteiger partial charge on any atom is 0.159 e. The van der Waals surface area contributed by atoms with Gasteiger partial charge in [0.15, 0.2) is 5.65 Å². The molecular weight excluding hydrogens is 330 g/mol. The fourth-order valence-electron chi connectivity index (χ4n) is 3.17. The number of aryl methyl sites for hydroxylation is 2. The van der Waals surface area contributed by atoms with Crippen molar-refractivity contribution in [2.75, 3.05) is 0 Å². The number of benzene rings is 2. The maximum atomic E-state index is 6.49. The SMILES string of the molecule is Cc1nc2c(c(-c3ccccc3)nn2Cc2ccccc2)c(C)c1Cl. The molecule has 0 N–H and O–H groups in total. The highest BCUT2D eigenvalue weighted by molar-refractivity contribution is 6.33. The number of nitrogens with zero attached hydrogens (tertiary/aromatic N) is 3. The van der Waals surface area contributed by atoms with E-state index in [-0.39, 0.29) is 0 Å². The molecule has 4 rings (SSSR count). The van der Waals surface area contributed by atoms with Crippen LogP contribution in [0.2, 0.25) is 5.02 Å². The van der Waals surface area contributed by atoms with Crippen molar-refractivity contribution in [1.82, 2.24) is 14.8 Å². The van der Waals surface area contributed by atoms with Crippen LogP contribution in [0.15, 0.2) is 60.7 Å². The number of hydrogen-bond acceptors (Lipinski definition) is 2. The van der Waals surface area contributed by atoms with Gasteiger partial charge in [0, 0.05) is 5.56 Å². The minimum atomic E-state index is 0.678. The average Bonchev–Trinajstić information content (AvgIpc) is 3.00. The van der Waals surface area contributed by atoms with Crippen molar-refractivity contribution in [3.05, 3.63) is 82.5 Å². The molecule has 124 valence electrons. The van der Waals surface area contributed by atoms with Crippen LogP contribution in [0.4, 0.5) is 0 Å². The van der Waals surface area contributed by atoms with Crippen LogP contribution in [0.3, 0.4) is 0 Å².